The number of rotatable bonds is 2. The zero-order valence-corrected chi connectivity index (χ0v) is 8.77. The number of nitrogens with one attached hydrogen (secondary N) is 1. The van der Waals surface area contributed by atoms with Gasteiger partial charge in [-0.15, -0.1) is 0 Å². The maximum absolute atomic E-state index is 6.10. The second kappa shape index (κ2) is 3.71. The number of aromatic nitrogens is 2. The average Bonchev–Trinajstić information content (AvgIpc) is 2.71. The van der Waals surface area contributed by atoms with Crippen LogP contribution in [0, 0.1) is 0 Å². The molecule has 1 saturated heterocycles. The predicted octanol–water partition coefficient (Wildman–Crippen LogP) is 0.892. The molecule has 0 amide bonds. The van der Waals surface area contributed by atoms with Crippen LogP contribution < -0.4 is 5.73 Å². The van der Waals surface area contributed by atoms with Crippen LogP contribution in [0.25, 0.3) is 0 Å². The molecule has 4 nitrogen and oxygen atoms in total. The third-order valence-electron chi connectivity index (χ3n) is 2.95. The molecule has 14 heavy (non-hydrogen) atoms. The van der Waals surface area contributed by atoms with E-state index in [4.69, 9.17) is 5.73 Å². The first-order valence-electron chi connectivity index (χ1n) is 5.20. The fourth-order valence-electron chi connectivity index (χ4n) is 2.22. The van der Waals surface area contributed by atoms with E-state index in [1.807, 2.05) is 6.20 Å². The second-order valence-electron chi connectivity index (χ2n) is 4.20. The molecular formula is C10H18N4. The zero-order chi connectivity index (χ0) is 10.1. The third kappa shape index (κ3) is 1.55. The number of nitrogens with two attached hydrogens (primary N) is 1. The molecule has 3 N–H and O–H groups in total. The minimum absolute atomic E-state index is 0.212. The van der Waals surface area contributed by atoms with Gasteiger partial charge >= 0.3 is 0 Å². The predicted molar refractivity (Wildman–Crippen MR) is 55.8 cm³/mol. The second-order valence-corrected chi connectivity index (χ2v) is 4.20. The van der Waals surface area contributed by atoms with Gasteiger partial charge in [0, 0.05) is 31.0 Å². The van der Waals surface area contributed by atoms with Gasteiger partial charge < -0.3 is 10.7 Å². The van der Waals surface area contributed by atoms with E-state index in [0.29, 0.717) is 6.04 Å². The van der Waals surface area contributed by atoms with E-state index in [0.717, 1.165) is 18.8 Å². The van der Waals surface area contributed by atoms with Crippen LogP contribution in [0.15, 0.2) is 12.4 Å². The molecule has 2 heterocycles. The third-order valence-corrected chi connectivity index (χ3v) is 2.95. The summed E-state index contributed by atoms with van der Waals surface area (Å²) in [6, 6.07) is 1.01. The Kier molecular flexibility index (Phi) is 2.56. The Bertz CT molecular complexity index is 280. The van der Waals surface area contributed by atoms with Gasteiger partial charge in [0.2, 0.25) is 0 Å². The Balaban J connectivity index is 2.22. The molecule has 1 fully saturated rings. The van der Waals surface area contributed by atoms with Crippen LogP contribution >= 0.6 is 0 Å². The molecule has 2 atom stereocenters. The fraction of sp³-hybridized carbons (Fsp3) is 0.700. The summed E-state index contributed by atoms with van der Waals surface area (Å²) >= 11 is 0. The van der Waals surface area contributed by atoms with Crippen LogP contribution in [0.3, 0.4) is 0 Å². The Morgan fingerprint density at radius 2 is 2.43 bits per heavy atom. The van der Waals surface area contributed by atoms with Crippen LogP contribution in [0.2, 0.25) is 0 Å². The van der Waals surface area contributed by atoms with Gasteiger partial charge in [0.1, 0.15) is 5.82 Å². The van der Waals surface area contributed by atoms with Crippen molar-refractivity contribution in [2.24, 2.45) is 5.73 Å². The lowest BCUT2D eigenvalue weighted by Gasteiger charge is -2.28. The molecular weight excluding hydrogens is 176 g/mol. The molecule has 0 spiro atoms. The standard InChI is InChI=1S/C10H18N4/c1-7(2)14-6-3-8(11)9(14)10-12-4-5-13-10/h4-5,7-9H,3,6,11H2,1-2H3,(H,12,13)/t8-,9-/m0/s1. The van der Waals surface area contributed by atoms with Crippen LogP contribution in [-0.2, 0) is 0 Å². The SMILES string of the molecule is CC(C)N1CC[C@H](N)[C@H]1c1ncc[nH]1. The molecule has 0 saturated carbocycles. The van der Waals surface area contributed by atoms with Gasteiger partial charge in [0.25, 0.3) is 0 Å². The molecule has 0 unspecified atom stereocenters. The lowest BCUT2D eigenvalue weighted by molar-refractivity contribution is 0.192. The number of nitrogens with zero attached hydrogens (tertiary/aromatic N) is 2. The highest BCUT2D eigenvalue weighted by Gasteiger charge is 2.35. The normalized spacial score (nSPS) is 28.9. The summed E-state index contributed by atoms with van der Waals surface area (Å²) in [6.07, 6.45) is 4.71. The van der Waals surface area contributed by atoms with E-state index in [-0.39, 0.29) is 12.1 Å². The molecule has 0 radical (unpaired) electrons. The van der Waals surface area contributed by atoms with Crippen molar-refractivity contribution in [3.63, 3.8) is 0 Å². The maximum Gasteiger partial charge on any atom is 0.125 e. The van der Waals surface area contributed by atoms with Crippen molar-refractivity contribution in [1.29, 1.82) is 0 Å². The minimum Gasteiger partial charge on any atom is -0.347 e. The summed E-state index contributed by atoms with van der Waals surface area (Å²) < 4.78 is 0. The van der Waals surface area contributed by atoms with Crippen LogP contribution in [0.5, 0.6) is 0 Å². The van der Waals surface area contributed by atoms with Gasteiger partial charge in [-0.25, -0.2) is 4.98 Å². The Hall–Kier alpha value is -0.870. The summed E-state index contributed by atoms with van der Waals surface area (Å²) in [6.45, 7) is 5.48. The van der Waals surface area contributed by atoms with Crippen molar-refractivity contribution in [2.75, 3.05) is 6.54 Å². The van der Waals surface area contributed by atoms with Crippen molar-refractivity contribution in [1.82, 2.24) is 14.9 Å². The van der Waals surface area contributed by atoms with Gasteiger partial charge in [-0.1, -0.05) is 0 Å². The highest BCUT2D eigenvalue weighted by molar-refractivity contribution is 5.05. The molecule has 0 aliphatic carbocycles. The highest BCUT2D eigenvalue weighted by Crippen LogP contribution is 2.30. The Morgan fingerprint density at radius 1 is 1.64 bits per heavy atom. The quantitative estimate of drug-likeness (QED) is 0.735. The number of likely N-dealkylation sites (tertiary alicyclic amines) is 1. The largest absolute Gasteiger partial charge is 0.347 e. The van der Waals surface area contributed by atoms with Crippen molar-refractivity contribution in [3.8, 4) is 0 Å². The molecule has 1 aliphatic heterocycles. The molecule has 2 rings (SSSR count). The van der Waals surface area contributed by atoms with E-state index < -0.39 is 0 Å². The molecule has 1 aromatic heterocycles. The molecule has 78 valence electrons. The summed E-state index contributed by atoms with van der Waals surface area (Å²) in [4.78, 5) is 9.87. The Labute approximate surface area is 84.5 Å². The van der Waals surface area contributed by atoms with Gasteiger partial charge in [-0.3, -0.25) is 4.90 Å². The van der Waals surface area contributed by atoms with Gasteiger partial charge in [-0.05, 0) is 20.3 Å². The van der Waals surface area contributed by atoms with Crippen molar-refractivity contribution >= 4 is 0 Å². The van der Waals surface area contributed by atoms with Crippen molar-refractivity contribution in [2.45, 2.75) is 38.4 Å². The molecule has 4 heteroatoms. The van der Waals surface area contributed by atoms with Crippen molar-refractivity contribution in [3.05, 3.63) is 18.2 Å². The fourth-order valence-corrected chi connectivity index (χ4v) is 2.22. The van der Waals surface area contributed by atoms with Crippen molar-refractivity contribution < 1.29 is 0 Å². The summed E-state index contributed by atoms with van der Waals surface area (Å²) in [7, 11) is 0. The van der Waals surface area contributed by atoms with Gasteiger partial charge in [0.15, 0.2) is 0 Å². The zero-order valence-electron chi connectivity index (χ0n) is 8.77. The van der Waals surface area contributed by atoms with Crippen LogP contribution in [-0.4, -0.2) is 33.5 Å². The van der Waals surface area contributed by atoms with E-state index >= 15 is 0 Å². The number of H-pyrrole nitrogens is 1. The van der Waals surface area contributed by atoms with E-state index in [1.165, 1.54) is 0 Å². The number of imidazole rings is 1. The first-order valence-corrected chi connectivity index (χ1v) is 5.20. The number of hydrogen-bond donors (Lipinski definition) is 2. The van der Waals surface area contributed by atoms with Gasteiger partial charge in [0.05, 0.1) is 6.04 Å². The maximum atomic E-state index is 6.10. The lowest BCUT2D eigenvalue weighted by Crippen LogP contribution is -2.36. The molecule has 1 aliphatic rings. The topological polar surface area (TPSA) is 57.9 Å². The Morgan fingerprint density at radius 3 is 3.00 bits per heavy atom. The van der Waals surface area contributed by atoms with E-state index in [9.17, 15) is 0 Å². The highest BCUT2D eigenvalue weighted by atomic mass is 15.2. The smallest absolute Gasteiger partial charge is 0.125 e. The monoisotopic (exact) mass is 194 g/mol. The lowest BCUT2D eigenvalue weighted by atomic mass is 10.1. The van der Waals surface area contributed by atoms with E-state index in [2.05, 4.69) is 28.7 Å². The number of hydrogen-bond acceptors (Lipinski definition) is 3. The molecule has 0 aromatic carbocycles. The molecule has 1 aromatic rings. The minimum atomic E-state index is 0.212. The summed E-state index contributed by atoms with van der Waals surface area (Å²) in [5, 5.41) is 0. The average molecular weight is 194 g/mol. The first-order chi connectivity index (χ1) is 6.70. The van der Waals surface area contributed by atoms with Crippen LogP contribution in [0.4, 0.5) is 0 Å². The van der Waals surface area contributed by atoms with E-state index in [1.54, 1.807) is 6.20 Å². The molecule has 0 bridgehead atoms. The van der Waals surface area contributed by atoms with Gasteiger partial charge in [-0.2, -0.15) is 0 Å². The number of aromatic amines is 1. The summed E-state index contributed by atoms with van der Waals surface area (Å²) in [5.74, 6) is 1.00. The summed E-state index contributed by atoms with van der Waals surface area (Å²) in [5.41, 5.74) is 6.10. The van der Waals surface area contributed by atoms with Crippen LogP contribution in [0.1, 0.15) is 32.1 Å². The first kappa shape index (κ1) is 9.68.